The monoisotopic (exact) mass is 362 g/mol. The summed E-state index contributed by atoms with van der Waals surface area (Å²) in [6.07, 6.45) is 2.03. The summed E-state index contributed by atoms with van der Waals surface area (Å²) in [5.74, 6) is 0.312. The van der Waals surface area contributed by atoms with E-state index in [0.717, 1.165) is 56.3 Å². The minimum atomic E-state index is -0.426. The number of rotatable bonds is 7. The first-order valence-corrected chi connectivity index (χ1v) is 9.52. The topological polar surface area (TPSA) is 48.5 Å². The quantitative estimate of drug-likeness (QED) is 0.608. The average Bonchev–Trinajstić information content (AvgIpc) is 3.17. The van der Waals surface area contributed by atoms with Crippen LogP contribution in [0.2, 0.25) is 0 Å². The standard InChI is InChI=1S/C18H23FN4OS/c19-16-6-3-7-17(21-16)23-12-10-22(11-13-23)9-2-1-8-20-18(24)15-5-4-14-25-15/h3-7,14H,1-2,8-13H2,(H,20,24). The minimum absolute atomic E-state index is 0.0196. The van der Waals surface area contributed by atoms with Crippen molar-refractivity contribution in [2.75, 3.05) is 44.2 Å². The number of carbonyl (C=O) groups is 1. The number of nitrogens with one attached hydrogen (secondary N) is 1. The van der Waals surface area contributed by atoms with Gasteiger partial charge in [-0.3, -0.25) is 9.69 Å². The number of aromatic nitrogens is 1. The molecule has 1 fully saturated rings. The van der Waals surface area contributed by atoms with E-state index in [9.17, 15) is 9.18 Å². The fraction of sp³-hybridized carbons (Fsp3) is 0.444. The first-order valence-electron chi connectivity index (χ1n) is 8.64. The first kappa shape index (κ1) is 17.8. The summed E-state index contributed by atoms with van der Waals surface area (Å²) in [6.45, 7) is 5.39. The van der Waals surface area contributed by atoms with Crippen molar-refractivity contribution in [1.29, 1.82) is 0 Å². The summed E-state index contributed by atoms with van der Waals surface area (Å²) in [7, 11) is 0. The van der Waals surface area contributed by atoms with Crippen LogP contribution < -0.4 is 10.2 Å². The van der Waals surface area contributed by atoms with E-state index < -0.39 is 5.95 Å². The molecule has 0 saturated carbocycles. The second-order valence-corrected chi connectivity index (χ2v) is 7.04. The highest BCUT2D eigenvalue weighted by Gasteiger charge is 2.17. The molecule has 1 aliphatic rings. The lowest BCUT2D eigenvalue weighted by Gasteiger charge is -2.35. The van der Waals surface area contributed by atoms with Gasteiger partial charge in [0.2, 0.25) is 5.95 Å². The molecule has 1 N–H and O–H groups in total. The molecule has 3 rings (SSSR count). The van der Waals surface area contributed by atoms with Crippen LogP contribution in [0.3, 0.4) is 0 Å². The SMILES string of the molecule is O=C(NCCCCN1CCN(c2cccc(F)n2)CC1)c1cccs1. The van der Waals surface area contributed by atoms with Crippen LogP contribution in [0, 0.1) is 5.95 Å². The van der Waals surface area contributed by atoms with Gasteiger partial charge in [0.1, 0.15) is 5.82 Å². The van der Waals surface area contributed by atoms with E-state index >= 15 is 0 Å². The maximum Gasteiger partial charge on any atom is 0.261 e. The molecule has 0 radical (unpaired) electrons. The van der Waals surface area contributed by atoms with E-state index in [0.29, 0.717) is 6.54 Å². The molecule has 1 aliphatic heterocycles. The third kappa shape index (κ3) is 5.24. The van der Waals surface area contributed by atoms with E-state index in [2.05, 4.69) is 20.1 Å². The number of halogens is 1. The fourth-order valence-electron chi connectivity index (χ4n) is 2.93. The molecule has 5 nitrogen and oxygen atoms in total. The van der Waals surface area contributed by atoms with Crippen LogP contribution in [0.25, 0.3) is 0 Å². The number of pyridine rings is 1. The molecule has 2 aromatic rings. The summed E-state index contributed by atoms with van der Waals surface area (Å²) in [4.78, 5) is 21.1. The van der Waals surface area contributed by atoms with Gasteiger partial charge in [-0.2, -0.15) is 4.39 Å². The van der Waals surface area contributed by atoms with E-state index in [-0.39, 0.29) is 5.91 Å². The van der Waals surface area contributed by atoms with Gasteiger partial charge >= 0.3 is 0 Å². The molecular formula is C18H23FN4OS. The van der Waals surface area contributed by atoms with Crippen molar-refractivity contribution in [1.82, 2.24) is 15.2 Å². The summed E-state index contributed by atoms with van der Waals surface area (Å²) in [5.41, 5.74) is 0. The lowest BCUT2D eigenvalue weighted by Crippen LogP contribution is -2.47. The Labute approximate surface area is 151 Å². The van der Waals surface area contributed by atoms with Gasteiger partial charge in [-0.25, -0.2) is 4.98 Å². The molecule has 0 aromatic carbocycles. The normalized spacial score (nSPS) is 15.3. The van der Waals surface area contributed by atoms with Crippen molar-refractivity contribution in [2.24, 2.45) is 0 Å². The van der Waals surface area contributed by atoms with Crippen molar-refractivity contribution >= 4 is 23.1 Å². The second-order valence-electron chi connectivity index (χ2n) is 6.09. The van der Waals surface area contributed by atoms with Gasteiger partial charge in [0, 0.05) is 32.7 Å². The van der Waals surface area contributed by atoms with E-state index in [1.54, 1.807) is 6.07 Å². The Bertz CT molecular complexity index is 671. The van der Waals surface area contributed by atoms with Gasteiger partial charge in [-0.15, -0.1) is 11.3 Å². The molecule has 7 heteroatoms. The van der Waals surface area contributed by atoms with Crippen LogP contribution >= 0.6 is 11.3 Å². The molecule has 1 saturated heterocycles. The summed E-state index contributed by atoms with van der Waals surface area (Å²) in [6, 6.07) is 8.66. The van der Waals surface area contributed by atoms with Crippen LogP contribution in [0.4, 0.5) is 10.2 Å². The molecule has 0 atom stereocenters. The first-order chi connectivity index (χ1) is 12.2. The van der Waals surface area contributed by atoms with Crippen LogP contribution in [0.15, 0.2) is 35.7 Å². The number of piperazine rings is 1. The van der Waals surface area contributed by atoms with Crippen molar-refractivity contribution in [2.45, 2.75) is 12.8 Å². The highest BCUT2D eigenvalue weighted by Crippen LogP contribution is 2.14. The van der Waals surface area contributed by atoms with Crippen LogP contribution in [0.5, 0.6) is 0 Å². The fourth-order valence-corrected chi connectivity index (χ4v) is 3.57. The van der Waals surface area contributed by atoms with Gasteiger partial charge < -0.3 is 10.2 Å². The maximum absolute atomic E-state index is 13.2. The molecule has 0 spiro atoms. The molecule has 3 heterocycles. The highest BCUT2D eigenvalue weighted by atomic mass is 32.1. The zero-order valence-corrected chi connectivity index (χ0v) is 15.0. The van der Waals surface area contributed by atoms with Crippen molar-refractivity contribution in [3.63, 3.8) is 0 Å². The van der Waals surface area contributed by atoms with E-state index in [1.807, 2.05) is 23.6 Å². The Kier molecular flexibility index (Phi) is 6.36. The molecule has 25 heavy (non-hydrogen) atoms. The molecule has 2 aromatic heterocycles. The predicted octanol–water partition coefficient (Wildman–Crippen LogP) is 2.61. The van der Waals surface area contributed by atoms with E-state index in [1.165, 1.54) is 17.4 Å². The number of thiophene rings is 1. The van der Waals surface area contributed by atoms with Crippen LogP contribution in [-0.4, -0.2) is 55.1 Å². The lowest BCUT2D eigenvalue weighted by molar-refractivity contribution is 0.0956. The third-order valence-corrected chi connectivity index (χ3v) is 5.20. The molecule has 0 aliphatic carbocycles. The Morgan fingerprint density at radius 3 is 2.72 bits per heavy atom. The molecule has 134 valence electrons. The Hall–Kier alpha value is -1.99. The zero-order chi connectivity index (χ0) is 17.5. The van der Waals surface area contributed by atoms with Gasteiger partial charge in [0.15, 0.2) is 0 Å². The Morgan fingerprint density at radius 1 is 1.16 bits per heavy atom. The van der Waals surface area contributed by atoms with E-state index in [4.69, 9.17) is 0 Å². The highest BCUT2D eigenvalue weighted by molar-refractivity contribution is 7.12. The number of carbonyl (C=O) groups excluding carboxylic acids is 1. The van der Waals surface area contributed by atoms with Gasteiger partial charge in [0.05, 0.1) is 4.88 Å². The number of hydrogen-bond donors (Lipinski definition) is 1. The van der Waals surface area contributed by atoms with Crippen LogP contribution in [-0.2, 0) is 0 Å². The maximum atomic E-state index is 13.2. The number of hydrogen-bond acceptors (Lipinski definition) is 5. The lowest BCUT2D eigenvalue weighted by atomic mass is 10.2. The number of unbranched alkanes of at least 4 members (excludes halogenated alkanes) is 1. The second kappa shape index (κ2) is 8.92. The van der Waals surface area contributed by atoms with Gasteiger partial charge in [0.25, 0.3) is 5.91 Å². The van der Waals surface area contributed by atoms with Gasteiger partial charge in [-0.1, -0.05) is 12.1 Å². The van der Waals surface area contributed by atoms with Crippen molar-refractivity contribution in [3.05, 3.63) is 46.5 Å². The summed E-state index contributed by atoms with van der Waals surface area (Å²) >= 11 is 1.46. The summed E-state index contributed by atoms with van der Waals surface area (Å²) < 4.78 is 13.2. The summed E-state index contributed by atoms with van der Waals surface area (Å²) in [5, 5.41) is 4.87. The molecule has 0 unspecified atom stereocenters. The number of anilines is 1. The zero-order valence-electron chi connectivity index (χ0n) is 14.2. The average molecular weight is 362 g/mol. The number of nitrogens with zero attached hydrogens (tertiary/aromatic N) is 3. The minimum Gasteiger partial charge on any atom is -0.354 e. The van der Waals surface area contributed by atoms with Crippen molar-refractivity contribution < 1.29 is 9.18 Å². The van der Waals surface area contributed by atoms with Gasteiger partial charge in [-0.05, 0) is 43.0 Å². The molecule has 0 bridgehead atoms. The Balaban J connectivity index is 1.30. The predicted molar refractivity (Wildman–Crippen MR) is 98.7 cm³/mol. The number of amides is 1. The smallest absolute Gasteiger partial charge is 0.261 e. The van der Waals surface area contributed by atoms with Crippen molar-refractivity contribution in [3.8, 4) is 0 Å². The third-order valence-electron chi connectivity index (χ3n) is 4.33. The largest absolute Gasteiger partial charge is 0.354 e. The molecular weight excluding hydrogens is 339 g/mol. The van der Waals surface area contributed by atoms with Crippen LogP contribution in [0.1, 0.15) is 22.5 Å². The Morgan fingerprint density at radius 2 is 2.00 bits per heavy atom. The molecule has 1 amide bonds.